The van der Waals surface area contributed by atoms with Gasteiger partial charge >= 0.3 is 0 Å². The van der Waals surface area contributed by atoms with Crippen molar-refractivity contribution in [2.75, 3.05) is 13.7 Å². The standard InChI is InChI=1S/C14H21NO/c1-14(9-3-10-14)15-11-8-12-4-6-13(16-2)7-5-12/h4-7,15H,3,8-11H2,1-2H3. The predicted molar refractivity (Wildman–Crippen MR) is 67.0 cm³/mol. The third kappa shape index (κ3) is 2.76. The molecule has 16 heavy (non-hydrogen) atoms. The van der Waals surface area contributed by atoms with Crippen molar-refractivity contribution in [1.29, 1.82) is 0 Å². The molecule has 1 aliphatic rings. The van der Waals surface area contributed by atoms with Crippen LogP contribution in [0.5, 0.6) is 5.75 Å². The van der Waals surface area contributed by atoms with Crippen LogP contribution in [-0.2, 0) is 6.42 Å². The minimum absolute atomic E-state index is 0.423. The SMILES string of the molecule is COc1ccc(CCNC2(C)CCC2)cc1. The van der Waals surface area contributed by atoms with Crippen LogP contribution >= 0.6 is 0 Å². The predicted octanol–water partition coefficient (Wildman–Crippen LogP) is 2.77. The first-order valence-corrected chi connectivity index (χ1v) is 6.10. The average molecular weight is 219 g/mol. The number of methoxy groups -OCH3 is 1. The molecule has 1 N–H and O–H groups in total. The van der Waals surface area contributed by atoms with Gasteiger partial charge in [0.15, 0.2) is 0 Å². The van der Waals surface area contributed by atoms with Crippen LogP contribution in [0.2, 0.25) is 0 Å². The van der Waals surface area contributed by atoms with Crippen molar-refractivity contribution in [2.45, 2.75) is 38.1 Å². The van der Waals surface area contributed by atoms with Crippen LogP contribution in [0.1, 0.15) is 31.7 Å². The lowest BCUT2D eigenvalue weighted by Crippen LogP contribution is -2.48. The van der Waals surface area contributed by atoms with E-state index in [0.717, 1.165) is 18.7 Å². The van der Waals surface area contributed by atoms with Crippen molar-refractivity contribution in [1.82, 2.24) is 5.32 Å². The summed E-state index contributed by atoms with van der Waals surface area (Å²) >= 11 is 0. The van der Waals surface area contributed by atoms with E-state index in [1.165, 1.54) is 24.8 Å². The van der Waals surface area contributed by atoms with Gasteiger partial charge in [-0.05, 0) is 56.8 Å². The summed E-state index contributed by atoms with van der Waals surface area (Å²) in [5, 5.41) is 3.64. The third-order valence-electron chi connectivity index (χ3n) is 3.58. The molecule has 0 atom stereocenters. The molecule has 2 rings (SSSR count). The van der Waals surface area contributed by atoms with Gasteiger partial charge in [-0.2, -0.15) is 0 Å². The Morgan fingerprint density at radius 1 is 1.25 bits per heavy atom. The molecule has 0 saturated heterocycles. The van der Waals surface area contributed by atoms with Gasteiger partial charge in [0.1, 0.15) is 5.75 Å². The van der Waals surface area contributed by atoms with Crippen LogP contribution in [-0.4, -0.2) is 19.2 Å². The summed E-state index contributed by atoms with van der Waals surface area (Å²) in [5.74, 6) is 0.933. The number of hydrogen-bond acceptors (Lipinski definition) is 2. The molecule has 0 heterocycles. The van der Waals surface area contributed by atoms with E-state index in [0.29, 0.717) is 5.54 Å². The van der Waals surface area contributed by atoms with E-state index in [2.05, 4.69) is 24.4 Å². The largest absolute Gasteiger partial charge is 0.497 e. The third-order valence-corrected chi connectivity index (χ3v) is 3.58. The normalized spacial score (nSPS) is 17.9. The van der Waals surface area contributed by atoms with Crippen molar-refractivity contribution >= 4 is 0 Å². The Kier molecular flexibility index (Phi) is 3.49. The van der Waals surface area contributed by atoms with Crippen molar-refractivity contribution in [3.8, 4) is 5.75 Å². The second kappa shape index (κ2) is 4.88. The molecule has 0 unspecified atom stereocenters. The molecule has 1 saturated carbocycles. The summed E-state index contributed by atoms with van der Waals surface area (Å²) in [6.07, 6.45) is 5.14. The van der Waals surface area contributed by atoms with E-state index in [4.69, 9.17) is 4.74 Å². The molecule has 1 aromatic carbocycles. The lowest BCUT2D eigenvalue weighted by Gasteiger charge is -2.39. The smallest absolute Gasteiger partial charge is 0.118 e. The fourth-order valence-corrected chi connectivity index (χ4v) is 2.18. The maximum absolute atomic E-state index is 5.14. The van der Waals surface area contributed by atoms with E-state index < -0.39 is 0 Å². The van der Waals surface area contributed by atoms with Gasteiger partial charge in [-0.15, -0.1) is 0 Å². The van der Waals surface area contributed by atoms with Gasteiger partial charge in [0.05, 0.1) is 7.11 Å². The zero-order chi connectivity index (χ0) is 11.4. The lowest BCUT2D eigenvalue weighted by molar-refractivity contribution is 0.210. The quantitative estimate of drug-likeness (QED) is 0.822. The van der Waals surface area contributed by atoms with Crippen molar-refractivity contribution in [3.05, 3.63) is 29.8 Å². The van der Waals surface area contributed by atoms with Crippen LogP contribution in [0.15, 0.2) is 24.3 Å². The number of hydrogen-bond donors (Lipinski definition) is 1. The molecule has 0 aliphatic heterocycles. The van der Waals surface area contributed by atoms with Crippen LogP contribution in [0.25, 0.3) is 0 Å². The molecule has 0 bridgehead atoms. The van der Waals surface area contributed by atoms with Gasteiger partial charge in [-0.3, -0.25) is 0 Å². The van der Waals surface area contributed by atoms with Crippen LogP contribution in [0.4, 0.5) is 0 Å². The highest BCUT2D eigenvalue weighted by Crippen LogP contribution is 2.30. The first kappa shape index (κ1) is 11.5. The molecule has 1 aliphatic carbocycles. The average Bonchev–Trinajstić information content (AvgIpc) is 2.28. The van der Waals surface area contributed by atoms with Crippen LogP contribution < -0.4 is 10.1 Å². The molecule has 2 nitrogen and oxygen atoms in total. The van der Waals surface area contributed by atoms with Crippen molar-refractivity contribution in [3.63, 3.8) is 0 Å². The van der Waals surface area contributed by atoms with E-state index in [1.807, 2.05) is 12.1 Å². The fraction of sp³-hybridized carbons (Fsp3) is 0.571. The molecule has 2 heteroatoms. The lowest BCUT2D eigenvalue weighted by atomic mass is 9.78. The molecule has 0 spiro atoms. The molecule has 0 aromatic heterocycles. The zero-order valence-corrected chi connectivity index (χ0v) is 10.3. The van der Waals surface area contributed by atoms with Crippen molar-refractivity contribution in [2.24, 2.45) is 0 Å². The number of ether oxygens (including phenoxy) is 1. The maximum atomic E-state index is 5.14. The zero-order valence-electron chi connectivity index (χ0n) is 10.3. The Balaban J connectivity index is 1.76. The molecule has 88 valence electrons. The Morgan fingerprint density at radius 3 is 2.44 bits per heavy atom. The molecule has 1 aromatic rings. The highest BCUT2D eigenvalue weighted by molar-refractivity contribution is 5.27. The highest BCUT2D eigenvalue weighted by atomic mass is 16.5. The van der Waals surface area contributed by atoms with Gasteiger partial charge in [0.2, 0.25) is 0 Å². The van der Waals surface area contributed by atoms with Crippen LogP contribution in [0, 0.1) is 0 Å². The monoisotopic (exact) mass is 219 g/mol. The summed E-state index contributed by atoms with van der Waals surface area (Å²) in [4.78, 5) is 0. The minimum atomic E-state index is 0.423. The van der Waals surface area contributed by atoms with E-state index >= 15 is 0 Å². The Bertz CT molecular complexity index is 327. The topological polar surface area (TPSA) is 21.3 Å². The van der Waals surface area contributed by atoms with E-state index in [-0.39, 0.29) is 0 Å². The number of benzene rings is 1. The minimum Gasteiger partial charge on any atom is -0.497 e. The number of rotatable bonds is 5. The summed E-state index contributed by atoms with van der Waals surface area (Å²) < 4.78 is 5.14. The maximum Gasteiger partial charge on any atom is 0.118 e. The van der Waals surface area contributed by atoms with Crippen molar-refractivity contribution < 1.29 is 4.74 Å². The first-order chi connectivity index (χ1) is 7.72. The van der Waals surface area contributed by atoms with Gasteiger partial charge in [0, 0.05) is 5.54 Å². The Hall–Kier alpha value is -1.02. The van der Waals surface area contributed by atoms with Gasteiger partial charge < -0.3 is 10.1 Å². The van der Waals surface area contributed by atoms with Gasteiger partial charge in [-0.1, -0.05) is 12.1 Å². The van der Waals surface area contributed by atoms with E-state index in [9.17, 15) is 0 Å². The van der Waals surface area contributed by atoms with Crippen LogP contribution in [0.3, 0.4) is 0 Å². The molecular weight excluding hydrogens is 198 g/mol. The summed E-state index contributed by atoms with van der Waals surface area (Å²) in [6, 6.07) is 8.34. The molecular formula is C14H21NO. The Labute approximate surface area is 98.0 Å². The van der Waals surface area contributed by atoms with E-state index in [1.54, 1.807) is 7.11 Å². The highest BCUT2D eigenvalue weighted by Gasteiger charge is 2.30. The summed E-state index contributed by atoms with van der Waals surface area (Å²) in [7, 11) is 1.70. The second-order valence-corrected chi connectivity index (χ2v) is 4.94. The Morgan fingerprint density at radius 2 is 1.94 bits per heavy atom. The summed E-state index contributed by atoms with van der Waals surface area (Å²) in [6.45, 7) is 3.40. The molecule has 0 radical (unpaired) electrons. The second-order valence-electron chi connectivity index (χ2n) is 4.94. The number of nitrogens with one attached hydrogen (secondary N) is 1. The van der Waals surface area contributed by atoms with Gasteiger partial charge in [-0.25, -0.2) is 0 Å². The summed E-state index contributed by atoms with van der Waals surface area (Å²) in [5.41, 5.74) is 1.79. The first-order valence-electron chi connectivity index (χ1n) is 6.10. The molecule has 0 amide bonds. The molecule has 1 fully saturated rings. The van der Waals surface area contributed by atoms with Gasteiger partial charge in [0.25, 0.3) is 0 Å². The fourth-order valence-electron chi connectivity index (χ4n) is 2.18.